The molecule has 0 unspecified atom stereocenters. The van der Waals surface area contributed by atoms with E-state index in [0.29, 0.717) is 5.15 Å². The Morgan fingerprint density at radius 1 is 1.50 bits per heavy atom. The first-order valence-corrected chi connectivity index (χ1v) is 5.15. The van der Waals surface area contributed by atoms with Gasteiger partial charge in [-0.2, -0.15) is 5.10 Å². The molecule has 3 nitrogen and oxygen atoms in total. The van der Waals surface area contributed by atoms with Crippen molar-refractivity contribution < 1.29 is 0 Å². The van der Waals surface area contributed by atoms with Crippen LogP contribution in [0.5, 0.6) is 0 Å². The third-order valence-corrected chi connectivity index (χ3v) is 2.57. The lowest BCUT2D eigenvalue weighted by Gasteiger charge is -1.97. The Morgan fingerprint density at radius 2 is 2.29 bits per heavy atom. The number of hydrogen-bond donors (Lipinski definition) is 0. The molecule has 0 amide bonds. The van der Waals surface area contributed by atoms with Crippen molar-refractivity contribution in [2.24, 2.45) is 7.05 Å². The van der Waals surface area contributed by atoms with Crippen molar-refractivity contribution in [1.82, 2.24) is 14.8 Å². The number of hydrogen-bond acceptors (Lipinski definition) is 2. The van der Waals surface area contributed by atoms with Crippen LogP contribution < -0.4 is 0 Å². The Hall–Kier alpha value is -0.870. The molecule has 0 aliphatic carbocycles. The Bertz CT molecular complexity index is 467. The van der Waals surface area contributed by atoms with Crippen LogP contribution in [-0.4, -0.2) is 14.8 Å². The highest BCUT2D eigenvalue weighted by Gasteiger charge is 2.07. The highest BCUT2D eigenvalue weighted by atomic mass is 79.9. The molecule has 0 atom stereocenters. The van der Waals surface area contributed by atoms with Gasteiger partial charge in [-0.25, -0.2) is 4.98 Å². The van der Waals surface area contributed by atoms with E-state index >= 15 is 0 Å². The van der Waals surface area contributed by atoms with Crippen molar-refractivity contribution in [2.75, 3.05) is 0 Å². The van der Waals surface area contributed by atoms with Crippen molar-refractivity contribution >= 4 is 27.5 Å². The fraction of sp³-hybridized carbons (Fsp3) is 0.111. The molecule has 0 aromatic carbocycles. The molecule has 0 aliphatic heterocycles. The van der Waals surface area contributed by atoms with Gasteiger partial charge in [0.05, 0.1) is 4.47 Å². The Morgan fingerprint density at radius 3 is 2.86 bits per heavy atom. The smallest absolute Gasteiger partial charge is 0.129 e. The molecule has 0 saturated carbocycles. The van der Waals surface area contributed by atoms with Gasteiger partial charge in [-0.1, -0.05) is 11.6 Å². The lowest BCUT2D eigenvalue weighted by Crippen LogP contribution is -1.88. The largest absolute Gasteiger partial charge is 0.274 e. The molecule has 14 heavy (non-hydrogen) atoms. The van der Waals surface area contributed by atoms with Crippen LogP contribution in [0, 0.1) is 0 Å². The summed E-state index contributed by atoms with van der Waals surface area (Å²) in [5.41, 5.74) is 1.83. The average Bonchev–Trinajstić information content (AvgIpc) is 2.45. The first-order valence-electron chi connectivity index (χ1n) is 3.98. The summed E-state index contributed by atoms with van der Waals surface area (Å²) in [4.78, 5) is 3.92. The highest BCUT2D eigenvalue weighted by Crippen LogP contribution is 2.26. The Labute approximate surface area is 94.9 Å². The lowest BCUT2D eigenvalue weighted by atomic mass is 10.2. The molecule has 0 aliphatic rings. The number of rotatable bonds is 1. The van der Waals surface area contributed by atoms with Crippen LogP contribution in [0.1, 0.15) is 0 Å². The van der Waals surface area contributed by atoms with Gasteiger partial charge in [-0.3, -0.25) is 4.68 Å². The van der Waals surface area contributed by atoms with E-state index in [9.17, 15) is 0 Å². The summed E-state index contributed by atoms with van der Waals surface area (Å²) in [5.74, 6) is 0. The first-order chi connectivity index (χ1) is 6.66. The van der Waals surface area contributed by atoms with Gasteiger partial charge in [0.1, 0.15) is 10.8 Å². The minimum Gasteiger partial charge on any atom is -0.274 e. The van der Waals surface area contributed by atoms with Crippen LogP contribution in [0.25, 0.3) is 11.3 Å². The van der Waals surface area contributed by atoms with Crippen LogP contribution in [-0.2, 0) is 7.05 Å². The van der Waals surface area contributed by atoms with E-state index in [1.807, 2.05) is 19.3 Å². The second-order valence-electron chi connectivity index (χ2n) is 2.87. The number of aryl methyl sites for hydroxylation is 1. The van der Waals surface area contributed by atoms with E-state index in [2.05, 4.69) is 26.0 Å². The Kier molecular flexibility index (Phi) is 2.56. The summed E-state index contributed by atoms with van der Waals surface area (Å²) in [7, 11) is 1.87. The third kappa shape index (κ3) is 1.81. The van der Waals surface area contributed by atoms with Crippen molar-refractivity contribution in [2.45, 2.75) is 0 Å². The fourth-order valence-electron chi connectivity index (χ4n) is 1.20. The normalized spacial score (nSPS) is 10.5. The van der Waals surface area contributed by atoms with Gasteiger partial charge in [-0.05, 0) is 28.1 Å². The molecule has 5 heteroatoms. The first kappa shape index (κ1) is 9.68. The third-order valence-electron chi connectivity index (χ3n) is 1.78. The minimum absolute atomic E-state index is 0.472. The molecule has 2 heterocycles. The predicted octanol–water partition coefficient (Wildman–Crippen LogP) is 2.90. The monoisotopic (exact) mass is 271 g/mol. The van der Waals surface area contributed by atoms with E-state index in [1.165, 1.54) is 0 Å². The van der Waals surface area contributed by atoms with Gasteiger partial charge >= 0.3 is 0 Å². The second-order valence-corrected chi connectivity index (χ2v) is 4.11. The molecule has 0 fully saturated rings. The van der Waals surface area contributed by atoms with E-state index in [4.69, 9.17) is 11.6 Å². The standard InChI is InChI=1S/C9H7BrClN3/c1-14-5-7(10)9(13-14)6-2-3-12-8(11)4-6/h2-5H,1H3. The fourth-order valence-corrected chi connectivity index (χ4v) is 1.98. The van der Waals surface area contributed by atoms with E-state index in [-0.39, 0.29) is 0 Å². The number of aromatic nitrogens is 3. The highest BCUT2D eigenvalue weighted by molar-refractivity contribution is 9.10. The summed E-state index contributed by atoms with van der Waals surface area (Å²) in [6.45, 7) is 0. The molecule has 0 saturated heterocycles. The molecular formula is C9H7BrClN3. The average molecular weight is 273 g/mol. The second kappa shape index (κ2) is 3.71. The molecular weight excluding hydrogens is 265 g/mol. The van der Waals surface area contributed by atoms with Gasteiger partial charge < -0.3 is 0 Å². The molecule has 72 valence electrons. The van der Waals surface area contributed by atoms with Crippen molar-refractivity contribution in [3.8, 4) is 11.3 Å². The molecule has 0 radical (unpaired) electrons. The maximum absolute atomic E-state index is 5.79. The van der Waals surface area contributed by atoms with Gasteiger partial charge in [0.2, 0.25) is 0 Å². The van der Waals surface area contributed by atoms with E-state index in [0.717, 1.165) is 15.7 Å². The zero-order chi connectivity index (χ0) is 10.1. The van der Waals surface area contributed by atoms with E-state index in [1.54, 1.807) is 16.9 Å². The van der Waals surface area contributed by atoms with Crippen LogP contribution in [0.4, 0.5) is 0 Å². The molecule has 2 aromatic rings. The molecule has 0 spiro atoms. The van der Waals surface area contributed by atoms with Crippen molar-refractivity contribution in [3.05, 3.63) is 34.2 Å². The van der Waals surface area contributed by atoms with Gasteiger partial charge in [0.15, 0.2) is 0 Å². The topological polar surface area (TPSA) is 30.7 Å². The van der Waals surface area contributed by atoms with Crippen LogP contribution in [0.2, 0.25) is 5.15 Å². The zero-order valence-electron chi connectivity index (χ0n) is 7.41. The van der Waals surface area contributed by atoms with Gasteiger partial charge in [0, 0.05) is 25.0 Å². The Balaban J connectivity index is 2.54. The number of pyridine rings is 1. The molecule has 0 N–H and O–H groups in total. The van der Waals surface area contributed by atoms with Gasteiger partial charge in [-0.15, -0.1) is 0 Å². The van der Waals surface area contributed by atoms with E-state index < -0.39 is 0 Å². The molecule has 2 aromatic heterocycles. The number of nitrogens with zero attached hydrogens (tertiary/aromatic N) is 3. The maximum Gasteiger partial charge on any atom is 0.129 e. The molecule has 2 rings (SSSR count). The van der Waals surface area contributed by atoms with Crippen LogP contribution in [0.3, 0.4) is 0 Å². The zero-order valence-corrected chi connectivity index (χ0v) is 9.75. The summed E-state index contributed by atoms with van der Waals surface area (Å²) < 4.78 is 2.69. The number of halogens is 2. The van der Waals surface area contributed by atoms with Gasteiger partial charge in [0.25, 0.3) is 0 Å². The summed E-state index contributed by atoms with van der Waals surface area (Å²) >= 11 is 9.22. The summed E-state index contributed by atoms with van der Waals surface area (Å²) in [5, 5.41) is 4.78. The molecule has 0 bridgehead atoms. The maximum atomic E-state index is 5.79. The SMILES string of the molecule is Cn1cc(Br)c(-c2ccnc(Cl)c2)n1. The lowest BCUT2D eigenvalue weighted by molar-refractivity contribution is 0.770. The quantitative estimate of drug-likeness (QED) is 0.747. The van der Waals surface area contributed by atoms with Crippen molar-refractivity contribution in [3.63, 3.8) is 0 Å². The van der Waals surface area contributed by atoms with Crippen LogP contribution in [0.15, 0.2) is 29.0 Å². The van der Waals surface area contributed by atoms with Crippen LogP contribution >= 0.6 is 27.5 Å². The summed E-state index contributed by atoms with van der Waals surface area (Å²) in [6.07, 6.45) is 3.56. The summed E-state index contributed by atoms with van der Waals surface area (Å²) in [6, 6.07) is 3.66. The predicted molar refractivity (Wildman–Crippen MR) is 59.1 cm³/mol. The van der Waals surface area contributed by atoms with Crippen molar-refractivity contribution in [1.29, 1.82) is 0 Å². The minimum atomic E-state index is 0.472.